The summed E-state index contributed by atoms with van der Waals surface area (Å²) < 4.78 is 30.0. The quantitative estimate of drug-likeness (QED) is 0.424. The molecule has 0 saturated heterocycles. The fourth-order valence-corrected chi connectivity index (χ4v) is 6.17. The number of halogens is 1. The highest BCUT2D eigenvalue weighted by molar-refractivity contribution is 9.10. The molecule has 2 aliphatic heterocycles. The molecule has 2 aromatic carbocycles. The summed E-state index contributed by atoms with van der Waals surface area (Å²) in [7, 11) is -3.78. The smallest absolute Gasteiger partial charge is 0.285 e. The number of amidine groups is 1. The number of benzene rings is 2. The average molecular weight is 531 g/mol. The van der Waals surface area contributed by atoms with Crippen molar-refractivity contribution in [1.29, 1.82) is 0 Å². The lowest BCUT2D eigenvalue weighted by Gasteiger charge is -2.24. The van der Waals surface area contributed by atoms with Gasteiger partial charge in [-0.2, -0.15) is 13.5 Å². The Morgan fingerprint density at radius 2 is 1.91 bits per heavy atom. The minimum Gasteiger partial charge on any atom is -0.325 e. The molecule has 2 heterocycles. The number of fused-ring (bicyclic) bond motifs is 2. The van der Waals surface area contributed by atoms with E-state index in [4.69, 9.17) is 0 Å². The van der Waals surface area contributed by atoms with Crippen molar-refractivity contribution in [3.05, 3.63) is 57.6 Å². The molecule has 2 aliphatic rings. The van der Waals surface area contributed by atoms with Crippen molar-refractivity contribution in [2.45, 2.75) is 50.8 Å². The lowest BCUT2D eigenvalue weighted by Crippen LogP contribution is -2.33. The van der Waals surface area contributed by atoms with E-state index in [0.717, 1.165) is 16.8 Å². The van der Waals surface area contributed by atoms with Crippen molar-refractivity contribution in [3.8, 4) is 0 Å². The van der Waals surface area contributed by atoms with Crippen LogP contribution in [-0.4, -0.2) is 37.9 Å². The van der Waals surface area contributed by atoms with Crippen LogP contribution >= 0.6 is 15.9 Å². The van der Waals surface area contributed by atoms with E-state index in [9.17, 15) is 13.2 Å². The fourth-order valence-electron chi connectivity index (χ4n) is 4.43. The van der Waals surface area contributed by atoms with Gasteiger partial charge in [-0.05, 0) is 60.2 Å². The lowest BCUT2D eigenvalue weighted by molar-refractivity contribution is -0.121. The lowest BCUT2D eigenvalue weighted by atomic mass is 9.76. The van der Waals surface area contributed by atoms with Gasteiger partial charge in [0.2, 0.25) is 5.91 Å². The Labute approximate surface area is 203 Å². The highest BCUT2D eigenvalue weighted by Gasteiger charge is 2.43. The normalized spacial score (nSPS) is 17.8. The third-order valence-electron chi connectivity index (χ3n) is 6.25. The van der Waals surface area contributed by atoms with Crippen LogP contribution in [-0.2, 0) is 20.2 Å². The number of hydrogen-bond acceptors (Lipinski definition) is 5. The van der Waals surface area contributed by atoms with Gasteiger partial charge in [0.05, 0.1) is 11.6 Å². The van der Waals surface area contributed by atoms with E-state index in [1.54, 1.807) is 29.4 Å². The molecule has 0 bridgehead atoms. The zero-order valence-corrected chi connectivity index (χ0v) is 21.5. The number of carbonyl (C=O) groups is 1. The standard InChI is InChI=1S/C24H27BrN4O3S/c1-5-24(6-2)19-11-16(7-10-20(19)27-23(24)30)13-26-29(14-15(3)4)22-18-9-8-17(25)12-21(18)33(31,32)28-22/h7-13,15H,5-6,14H2,1-4H3,(H,27,30)/b26-13+. The summed E-state index contributed by atoms with van der Waals surface area (Å²) in [5.74, 6) is 0.574. The summed E-state index contributed by atoms with van der Waals surface area (Å²) in [5, 5.41) is 9.28. The molecule has 0 aliphatic carbocycles. The Morgan fingerprint density at radius 1 is 1.18 bits per heavy atom. The van der Waals surface area contributed by atoms with Crippen molar-refractivity contribution >= 4 is 49.6 Å². The Bertz CT molecular complexity index is 1280. The second-order valence-corrected chi connectivity index (χ2v) is 11.3. The van der Waals surface area contributed by atoms with Crippen LogP contribution in [0.5, 0.6) is 0 Å². The van der Waals surface area contributed by atoms with E-state index >= 15 is 0 Å². The molecule has 4 rings (SSSR count). The van der Waals surface area contributed by atoms with E-state index in [-0.39, 0.29) is 16.7 Å². The highest BCUT2D eigenvalue weighted by atomic mass is 79.9. The van der Waals surface area contributed by atoms with E-state index in [1.807, 2.05) is 45.9 Å². The van der Waals surface area contributed by atoms with Gasteiger partial charge in [-0.25, -0.2) is 5.01 Å². The summed E-state index contributed by atoms with van der Waals surface area (Å²) in [5.41, 5.74) is 2.66. The molecule has 0 unspecified atom stereocenters. The maximum Gasteiger partial charge on any atom is 0.285 e. The Kier molecular flexibility index (Phi) is 6.22. The van der Waals surface area contributed by atoms with Crippen LogP contribution in [0, 0.1) is 5.92 Å². The van der Waals surface area contributed by atoms with Crippen LogP contribution in [0.3, 0.4) is 0 Å². The van der Waals surface area contributed by atoms with Gasteiger partial charge in [0, 0.05) is 22.3 Å². The first-order valence-corrected chi connectivity index (χ1v) is 13.3. The van der Waals surface area contributed by atoms with Crippen LogP contribution in [0.15, 0.2) is 55.3 Å². The summed E-state index contributed by atoms with van der Waals surface area (Å²) >= 11 is 3.34. The molecule has 7 nitrogen and oxygen atoms in total. The highest BCUT2D eigenvalue weighted by Crippen LogP contribution is 2.43. The number of anilines is 1. The molecule has 0 fully saturated rings. The molecule has 33 heavy (non-hydrogen) atoms. The Hall–Kier alpha value is -2.52. The number of hydrogen-bond donors (Lipinski definition) is 1. The topological polar surface area (TPSA) is 91.2 Å². The molecule has 0 radical (unpaired) electrons. The first-order chi connectivity index (χ1) is 15.6. The second kappa shape index (κ2) is 8.68. The minimum atomic E-state index is -3.78. The number of rotatable bonds is 6. The van der Waals surface area contributed by atoms with Crippen LogP contribution in [0.1, 0.15) is 57.2 Å². The SMILES string of the molecule is CCC1(CC)C(=O)Nc2ccc(/C=N/N(CC(C)C)C3=NS(=O)(=O)c4cc(Br)ccc43)cc21. The van der Waals surface area contributed by atoms with Crippen molar-refractivity contribution in [3.63, 3.8) is 0 Å². The summed E-state index contributed by atoms with van der Waals surface area (Å²) in [6.45, 7) is 8.63. The predicted molar refractivity (Wildman–Crippen MR) is 134 cm³/mol. The summed E-state index contributed by atoms with van der Waals surface area (Å²) in [4.78, 5) is 12.8. The molecule has 1 N–H and O–H groups in total. The van der Waals surface area contributed by atoms with E-state index in [0.29, 0.717) is 35.3 Å². The molecule has 2 aromatic rings. The van der Waals surface area contributed by atoms with Crippen molar-refractivity contribution in [1.82, 2.24) is 5.01 Å². The number of carbonyl (C=O) groups excluding carboxylic acids is 1. The second-order valence-electron chi connectivity index (χ2n) is 8.80. The van der Waals surface area contributed by atoms with Gasteiger partial charge in [-0.15, -0.1) is 4.40 Å². The molecule has 0 atom stereocenters. The molecular formula is C24H27BrN4O3S. The molecule has 0 spiro atoms. The average Bonchev–Trinajstić information content (AvgIpc) is 3.20. The van der Waals surface area contributed by atoms with Crippen LogP contribution < -0.4 is 5.32 Å². The van der Waals surface area contributed by atoms with Crippen molar-refractivity contribution in [2.24, 2.45) is 15.4 Å². The van der Waals surface area contributed by atoms with Crippen LogP contribution in [0.4, 0.5) is 5.69 Å². The monoisotopic (exact) mass is 530 g/mol. The minimum absolute atomic E-state index is 0.0336. The third kappa shape index (κ3) is 4.12. The van der Waals surface area contributed by atoms with Gasteiger partial charge in [0.1, 0.15) is 4.90 Å². The predicted octanol–water partition coefficient (Wildman–Crippen LogP) is 4.90. The van der Waals surface area contributed by atoms with Crippen molar-refractivity contribution < 1.29 is 13.2 Å². The zero-order valence-electron chi connectivity index (χ0n) is 19.1. The van der Waals surface area contributed by atoms with E-state index in [2.05, 4.69) is 30.7 Å². The first kappa shape index (κ1) is 23.6. The van der Waals surface area contributed by atoms with Crippen molar-refractivity contribution in [2.75, 3.05) is 11.9 Å². The molecule has 9 heteroatoms. The number of nitrogens with one attached hydrogen (secondary N) is 1. The van der Waals surface area contributed by atoms with Gasteiger partial charge in [-0.3, -0.25) is 4.79 Å². The molecule has 174 valence electrons. The third-order valence-corrected chi connectivity index (χ3v) is 8.05. The van der Waals surface area contributed by atoms with Crippen LogP contribution in [0.2, 0.25) is 0 Å². The largest absolute Gasteiger partial charge is 0.325 e. The van der Waals surface area contributed by atoms with Crippen LogP contribution in [0.25, 0.3) is 0 Å². The Balaban J connectivity index is 1.72. The molecule has 0 aromatic heterocycles. The summed E-state index contributed by atoms with van der Waals surface area (Å²) in [6, 6.07) is 10.9. The first-order valence-electron chi connectivity index (χ1n) is 11.0. The van der Waals surface area contributed by atoms with E-state index in [1.165, 1.54) is 0 Å². The van der Waals surface area contributed by atoms with Gasteiger partial charge >= 0.3 is 0 Å². The molecular weight excluding hydrogens is 504 g/mol. The fraction of sp³-hybridized carbons (Fsp3) is 0.375. The zero-order chi connectivity index (χ0) is 24.0. The number of sulfonamides is 1. The molecule has 0 saturated carbocycles. The Morgan fingerprint density at radius 3 is 2.58 bits per heavy atom. The van der Waals surface area contributed by atoms with Gasteiger partial charge in [0.15, 0.2) is 5.84 Å². The number of nitrogens with zero attached hydrogens (tertiary/aromatic N) is 3. The maximum atomic E-state index is 12.7. The number of amides is 1. The van der Waals surface area contributed by atoms with Gasteiger partial charge in [0.25, 0.3) is 10.0 Å². The summed E-state index contributed by atoms with van der Waals surface area (Å²) in [6.07, 6.45) is 3.13. The maximum absolute atomic E-state index is 12.7. The van der Waals surface area contributed by atoms with Gasteiger partial charge < -0.3 is 5.32 Å². The number of hydrazone groups is 1. The molecule has 1 amide bonds. The van der Waals surface area contributed by atoms with E-state index < -0.39 is 15.4 Å². The van der Waals surface area contributed by atoms with Gasteiger partial charge in [-0.1, -0.05) is 49.7 Å².